The third kappa shape index (κ3) is 5.70. The zero-order chi connectivity index (χ0) is 19.1. The van der Waals surface area contributed by atoms with Crippen molar-refractivity contribution in [1.82, 2.24) is 20.0 Å². The Morgan fingerprint density at radius 2 is 1.85 bits per heavy atom. The molecule has 0 atom stereocenters. The number of hydrogen-bond acceptors (Lipinski definition) is 5. The normalized spacial score (nSPS) is 16.8. The molecule has 3 rings (SSSR count). The molecule has 6 nitrogen and oxygen atoms in total. The maximum atomic E-state index is 5.58. The SMILES string of the molecule is CCN(CC)CCCNC(=S)N1CCN(Cc2ccc3c(c2)OCO3)CC1. The molecule has 1 aromatic rings. The van der Waals surface area contributed by atoms with E-state index in [4.69, 9.17) is 21.7 Å². The third-order valence-corrected chi connectivity index (χ3v) is 5.73. The molecule has 2 aliphatic rings. The van der Waals surface area contributed by atoms with Gasteiger partial charge < -0.3 is 24.6 Å². The molecule has 0 bridgehead atoms. The molecule has 0 unspecified atom stereocenters. The highest BCUT2D eigenvalue weighted by Crippen LogP contribution is 2.32. The van der Waals surface area contributed by atoms with Crippen molar-refractivity contribution < 1.29 is 9.47 Å². The summed E-state index contributed by atoms with van der Waals surface area (Å²) in [5.74, 6) is 1.71. The number of ether oxygens (including phenoxy) is 2. The highest BCUT2D eigenvalue weighted by Gasteiger charge is 2.20. The maximum absolute atomic E-state index is 5.58. The first-order valence-electron chi connectivity index (χ1n) is 10.1. The van der Waals surface area contributed by atoms with Gasteiger partial charge in [-0.15, -0.1) is 0 Å². The lowest BCUT2D eigenvalue weighted by molar-refractivity contribution is 0.172. The Kier molecular flexibility index (Phi) is 7.55. The molecule has 1 aromatic carbocycles. The van der Waals surface area contributed by atoms with Gasteiger partial charge in [-0.1, -0.05) is 19.9 Å². The van der Waals surface area contributed by atoms with Crippen LogP contribution >= 0.6 is 12.2 Å². The Bertz CT molecular complexity index is 616. The number of rotatable bonds is 8. The van der Waals surface area contributed by atoms with Gasteiger partial charge in [0.1, 0.15) is 0 Å². The van der Waals surface area contributed by atoms with Crippen LogP contribution in [0.25, 0.3) is 0 Å². The van der Waals surface area contributed by atoms with Gasteiger partial charge >= 0.3 is 0 Å². The molecule has 27 heavy (non-hydrogen) atoms. The van der Waals surface area contributed by atoms with E-state index in [2.05, 4.69) is 46.0 Å². The van der Waals surface area contributed by atoms with Crippen LogP contribution in [0.2, 0.25) is 0 Å². The zero-order valence-corrected chi connectivity index (χ0v) is 17.4. The van der Waals surface area contributed by atoms with Crippen molar-refractivity contribution >= 4 is 17.3 Å². The lowest BCUT2D eigenvalue weighted by Gasteiger charge is -2.36. The van der Waals surface area contributed by atoms with Gasteiger partial charge in [0.15, 0.2) is 16.6 Å². The molecule has 0 spiro atoms. The minimum Gasteiger partial charge on any atom is -0.454 e. The van der Waals surface area contributed by atoms with E-state index in [1.807, 2.05) is 6.07 Å². The van der Waals surface area contributed by atoms with E-state index in [0.29, 0.717) is 6.79 Å². The van der Waals surface area contributed by atoms with Crippen LogP contribution in [0.15, 0.2) is 18.2 Å². The van der Waals surface area contributed by atoms with Crippen LogP contribution in [0.5, 0.6) is 11.5 Å². The van der Waals surface area contributed by atoms with E-state index < -0.39 is 0 Å². The summed E-state index contributed by atoms with van der Waals surface area (Å²) in [5, 5.41) is 4.33. The van der Waals surface area contributed by atoms with Crippen LogP contribution < -0.4 is 14.8 Å². The highest BCUT2D eigenvalue weighted by molar-refractivity contribution is 7.80. The molecule has 0 saturated carbocycles. The summed E-state index contributed by atoms with van der Waals surface area (Å²) in [6.45, 7) is 14.0. The van der Waals surface area contributed by atoms with Crippen molar-refractivity contribution in [3.05, 3.63) is 23.8 Å². The van der Waals surface area contributed by atoms with Crippen LogP contribution in [-0.4, -0.2) is 79.0 Å². The van der Waals surface area contributed by atoms with Gasteiger partial charge in [0.05, 0.1) is 0 Å². The third-order valence-electron chi connectivity index (χ3n) is 5.32. The van der Waals surface area contributed by atoms with Crippen LogP contribution in [0, 0.1) is 0 Å². The van der Waals surface area contributed by atoms with Crippen molar-refractivity contribution in [2.45, 2.75) is 26.8 Å². The average Bonchev–Trinajstić information content (AvgIpc) is 3.16. The summed E-state index contributed by atoms with van der Waals surface area (Å²) < 4.78 is 10.9. The molecule has 0 amide bonds. The number of nitrogens with zero attached hydrogens (tertiary/aromatic N) is 3. The van der Waals surface area contributed by atoms with E-state index in [1.54, 1.807) is 0 Å². The molecule has 1 saturated heterocycles. The number of piperazine rings is 1. The summed E-state index contributed by atoms with van der Waals surface area (Å²) >= 11 is 5.58. The largest absolute Gasteiger partial charge is 0.454 e. The van der Waals surface area contributed by atoms with Gasteiger partial charge in [-0.3, -0.25) is 4.90 Å². The van der Waals surface area contributed by atoms with Crippen LogP contribution in [-0.2, 0) is 6.54 Å². The van der Waals surface area contributed by atoms with Gasteiger partial charge in [-0.25, -0.2) is 0 Å². The van der Waals surface area contributed by atoms with Crippen molar-refractivity contribution in [2.75, 3.05) is 59.2 Å². The van der Waals surface area contributed by atoms with Crippen LogP contribution in [0.3, 0.4) is 0 Å². The molecule has 150 valence electrons. The van der Waals surface area contributed by atoms with E-state index >= 15 is 0 Å². The summed E-state index contributed by atoms with van der Waals surface area (Å²) in [4.78, 5) is 7.21. The quantitative estimate of drug-likeness (QED) is 0.537. The first kappa shape index (κ1) is 20.2. The summed E-state index contributed by atoms with van der Waals surface area (Å²) in [7, 11) is 0. The first-order chi connectivity index (χ1) is 13.2. The Morgan fingerprint density at radius 3 is 2.59 bits per heavy atom. The summed E-state index contributed by atoms with van der Waals surface area (Å²) in [5.41, 5.74) is 1.27. The molecule has 0 aliphatic carbocycles. The summed E-state index contributed by atoms with van der Waals surface area (Å²) in [6, 6.07) is 6.23. The molecular weight excluding hydrogens is 360 g/mol. The number of benzene rings is 1. The van der Waals surface area contributed by atoms with E-state index in [9.17, 15) is 0 Å². The van der Waals surface area contributed by atoms with Crippen LogP contribution in [0.4, 0.5) is 0 Å². The Labute approximate surface area is 168 Å². The fourth-order valence-electron chi connectivity index (χ4n) is 3.56. The lowest BCUT2D eigenvalue weighted by Crippen LogP contribution is -2.51. The Balaban J connectivity index is 1.35. The highest BCUT2D eigenvalue weighted by atomic mass is 32.1. The van der Waals surface area contributed by atoms with Gasteiger partial charge in [0.2, 0.25) is 6.79 Å². The molecule has 1 N–H and O–H groups in total. The molecule has 2 heterocycles. The topological polar surface area (TPSA) is 40.2 Å². The average molecular weight is 393 g/mol. The minimum absolute atomic E-state index is 0.330. The van der Waals surface area contributed by atoms with Gasteiger partial charge in [0, 0.05) is 39.3 Å². The maximum Gasteiger partial charge on any atom is 0.231 e. The van der Waals surface area contributed by atoms with Crippen molar-refractivity contribution in [2.24, 2.45) is 0 Å². The first-order valence-corrected chi connectivity index (χ1v) is 10.5. The Morgan fingerprint density at radius 1 is 1.11 bits per heavy atom. The predicted octanol–water partition coefficient (Wildman–Crippen LogP) is 2.14. The van der Waals surface area contributed by atoms with Gasteiger partial charge in [-0.05, 0) is 56.0 Å². The minimum atomic E-state index is 0.330. The smallest absolute Gasteiger partial charge is 0.231 e. The van der Waals surface area contributed by atoms with E-state index in [0.717, 1.165) is 81.9 Å². The zero-order valence-electron chi connectivity index (χ0n) is 16.6. The number of thiocarbonyl (C=S) groups is 1. The molecule has 1 fully saturated rings. The second kappa shape index (κ2) is 10.1. The van der Waals surface area contributed by atoms with Crippen molar-refractivity contribution in [3.63, 3.8) is 0 Å². The number of nitrogens with one attached hydrogen (secondary N) is 1. The number of fused-ring (bicyclic) bond motifs is 1. The molecule has 2 aliphatic heterocycles. The second-order valence-corrected chi connectivity index (χ2v) is 7.45. The van der Waals surface area contributed by atoms with Gasteiger partial charge in [-0.2, -0.15) is 0 Å². The van der Waals surface area contributed by atoms with Crippen molar-refractivity contribution in [1.29, 1.82) is 0 Å². The summed E-state index contributed by atoms with van der Waals surface area (Å²) in [6.07, 6.45) is 1.13. The molecular formula is C20H32N4O2S. The monoisotopic (exact) mass is 392 g/mol. The van der Waals surface area contributed by atoms with Crippen LogP contribution in [0.1, 0.15) is 25.8 Å². The van der Waals surface area contributed by atoms with Crippen molar-refractivity contribution in [3.8, 4) is 11.5 Å². The molecule has 0 radical (unpaired) electrons. The lowest BCUT2D eigenvalue weighted by atomic mass is 10.1. The van der Waals surface area contributed by atoms with Gasteiger partial charge in [0.25, 0.3) is 0 Å². The second-order valence-electron chi connectivity index (χ2n) is 7.06. The molecule has 0 aromatic heterocycles. The van der Waals surface area contributed by atoms with E-state index in [-0.39, 0.29) is 0 Å². The van der Waals surface area contributed by atoms with E-state index in [1.165, 1.54) is 5.56 Å². The predicted molar refractivity (Wildman–Crippen MR) is 112 cm³/mol. The Hall–Kier alpha value is -1.57. The standard InChI is InChI=1S/C20H32N4O2S/c1-3-22(4-2)9-5-8-21-20(27)24-12-10-23(11-13-24)15-17-6-7-18-19(14-17)26-16-25-18/h6-7,14H,3-5,8-13,15-16H2,1-2H3,(H,21,27). The fraction of sp³-hybridized carbons (Fsp3) is 0.650. The molecule has 7 heteroatoms. The number of hydrogen-bond donors (Lipinski definition) is 1. The fourth-order valence-corrected chi connectivity index (χ4v) is 3.84.